The number of rotatable bonds is 3. The molecule has 0 radical (unpaired) electrons. The molecule has 0 aromatic heterocycles. The SMILES string of the molecule is CN1CC(c2ccc(Cl)cc2)c2cccc(C(=O)CCl)c2C1N. The van der Waals surface area contributed by atoms with Gasteiger partial charge in [-0.25, -0.2) is 0 Å². The molecule has 1 aliphatic rings. The number of Topliss-reactive ketones (excluding diaryl/α,β-unsaturated/α-hetero) is 1. The fraction of sp³-hybridized carbons (Fsp3) is 0.278. The first-order valence-electron chi connectivity index (χ1n) is 7.46. The van der Waals surface area contributed by atoms with Gasteiger partial charge >= 0.3 is 0 Å². The Kier molecular flexibility index (Phi) is 4.74. The van der Waals surface area contributed by atoms with E-state index >= 15 is 0 Å². The molecule has 0 fully saturated rings. The summed E-state index contributed by atoms with van der Waals surface area (Å²) >= 11 is 11.8. The maximum absolute atomic E-state index is 12.2. The van der Waals surface area contributed by atoms with Crippen molar-refractivity contribution in [3.8, 4) is 0 Å². The van der Waals surface area contributed by atoms with E-state index in [1.807, 2.05) is 49.5 Å². The lowest BCUT2D eigenvalue weighted by Crippen LogP contribution is -2.41. The van der Waals surface area contributed by atoms with Gasteiger partial charge in [0.05, 0.1) is 12.0 Å². The van der Waals surface area contributed by atoms with E-state index in [9.17, 15) is 4.79 Å². The molecule has 0 bridgehead atoms. The van der Waals surface area contributed by atoms with Gasteiger partial charge in [-0.15, -0.1) is 11.6 Å². The summed E-state index contributed by atoms with van der Waals surface area (Å²) in [5, 5.41) is 0.709. The Hall–Kier alpha value is -1.39. The molecule has 1 heterocycles. The molecule has 120 valence electrons. The Balaban J connectivity index is 2.15. The number of benzene rings is 2. The van der Waals surface area contributed by atoms with E-state index in [0.717, 1.165) is 23.2 Å². The largest absolute Gasteiger partial charge is 0.312 e. The van der Waals surface area contributed by atoms with E-state index in [1.165, 1.54) is 0 Å². The first-order chi connectivity index (χ1) is 11.0. The summed E-state index contributed by atoms with van der Waals surface area (Å²) in [6.45, 7) is 0.786. The lowest BCUT2D eigenvalue weighted by atomic mass is 9.81. The highest BCUT2D eigenvalue weighted by Crippen LogP contribution is 2.38. The first-order valence-corrected chi connectivity index (χ1v) is 8.37. The number of carbonyl (C=O) groups is 1. The molecule has 0 saturated heterocycles. The normalized spacial score (nSPS) is 21.0. The summed E-state index contributed by atoms with van der Waals surface area (Å²) in [7, 11) is 1.97. The molecule has 2 aromatic carbocycles. The Morgan fingerprint density at radius 2 is 1.96 bits per heavy atom. The number of alkyl halides is 1. The predicted octanol–water partition coefficient (Wildman–Crippen LogP) is 3.80. The number of ketones is 1. The topological polar surface area (TPSA) is 46.3 Å². The lowest BCUT2D eigenvalue weighted by molar-refractivity contribution is 0.101. The molecular weight excluding hydrogens is 331 g/mol. The average Bonchev–Trinajstić information content (AvgIpc) is 2.57. The number of likely N-dealkylation sites (N-methyl/N-ethyl adjacent to an activating group) is 1. The monoisotopic (exact) mass is 348 g/mol. The van der Waals surface area contributed by atoms with Crippen molar-refractivity contribution in [2.75, 3.05) is 19.5 Å². The van der Waals surface area contributed by atoms with Crippen LogP contribution in [-0.4, -0.2) is 30.2 Å². The van der Waals surface area contributed by atoms with Crippen molar-refractivity contribution >= 4 is 29.0 Å². The van der Waals surface area contributed by atoms with Crippen molar-refractivity contribution in [3.63, 3.8) is 0 Å². The molecule has 1 aliphatic heterocycles. The molecule has 0 amide bonds. The van der Waals surface area contributed by atoms with Crippen LogP contribution in [0.1, 0.15) is 39.1 Å². The van der Waals surface area contributed by atoms with Crippen LogP contribution in [0, 0.1) is 0 Å². The third kappa shape index (κ3) is 3.02. The summed E-state index contributed by atoms with van der Waals surface area (Å²) in [6.07, 6.45) is -0.308. The van der Waals surface area contributed by atoms with E-state index in [1.54, 1.807) is 0 Å². The van der Waals surface area contributed by atoms with Gasteiger partial charge in [-0.3, -0.25) is 9.69 Å². The van der Waals surface area contributed by atoms with Crippen molar-refractivity contribution in [1.82, 2.24) is 4.90 Å². The Labute approximate surface area is 146 Å². The van der Waals surface area contributed by atoms with E-state index < -0.39 is 0 Å². The highest BCUT2D eigenvalue weighted by atomic mass is 35.5. The zero-order valence-electron chi connectivity index (χ0n) is 12.8. The molecule has 2 atom stereocenters. The van der Waals surface area contributed by atoms with Crippen LogP contribution in [0.2, 0.25) is 5.02 Å². The fourth-order valence-corrected chi connectivity index (χ4v) is 3.50. The maximum atomic E-state index is 12.2. The van der Waals surface area contributed by atoms with E-state index in [4.69, 9.17) is 28.9 Å². The maximum Gasteiger partial charge on any atom is 0.177 e. The van der Waals surface area contributed by atoms with Crippen LogP contribution in [0.4, 0.5) is 0 Å². The standard InChI is InChI=1S/C18H18Cl2N2O/c1-22-10-15(11-5-7-12(20)8-6-11)13-3-2-4-14(16(23)9-19)17(13)18(22)21/h2-8,15,18H,9-10,21H2,1H3. The predicted molar refractivity (Wildman–Crippen MR) is 94.3 cm³/mol. The van der Waals surface area contributed by atoms with Crippen molar-refractivity contribution in [3.05, 3.63) is 69.7 Å². The van der Waals surface area contributed by atoms with Crippen LogP contribution < -0.4 is 5.73 Å². The Morgan fingerprint density at radius 3 is 2.61 bits per heavy atom. The minimum absolute atomic E-state index is 0.0432. The Morgan fingerprint density at radius 1 is 1.26 bits per heavy atom. The number of nitrogens with two attached hydrogens (primary N) is 1. The molecule has 3 rings (SSSR count). The summed E-state index contributed by atoms with van der Waals surface area (Å²) in [5.74, 6) is 0.0117. The third-order valence-corrected chi connectivity index (χ3v) is 4.95. The van der Waals surface area contributed by atoms with E-state index in [2.05, 4.69) is 4.90 Å². The summed E-state index contributed by atoms with van der Waals surface area (Å²) in [6, 6.07) is 13.6. The smallest absolute Gasteiger partial charge is 0.177 e. The van der Waals surface area contributed by atoms with Crippen molar-refractivity contribution in [2.45, 2.75) is 12.1 Å². The second kappa shape index (κ2) is 6.62. The Bertz CT molecular complexity index is 730. The number of carbonyl (C=O) groups excluding carboxylic acids is 1. The van der Waals surface area contributed by atoms with Crippen LogP contribution in [0.5, 0.6) is 0 Å². The van der Waals surface area contributed by atoms with Crippen molar-refractivity contribution in [1.29, 1.82) is 0 Å². The molecule has 5 heteroatoms. The third-order valence-electron chi connectivity index (χ3n) is 4.45. The van der Waals surface area contributed by atoms with Gasteiger partial charge in [0, 0.05) is 23.0 Å². The van der Waals surface area contributed by atoms with Crippen LogP contribution >= 0.6 is 23.2 Å². The second-order valence-electron chi connectivity index (χ2n) is 5.85. The highest BCUT2D eigenvalue weighted by Gasteiger charge is 2.32. The minimum atomic E-state index is -0.308. The second-order valence-corrected chi connectivity index (χ2v) is 6.56. The zero-order valence-corrected chi connectivity index (χ0v) is 14.3. The molecule has 0 aliphatic carbocycles. The van der Waals surface area contributed by atoms with Gasteiger partial charge in [0.1, 0.15) is 0 Å². The number of hydrogen-bond donors (Lipinski definition) is 1. The first kappa shape index (κ1) is 16.5. The van der Waals surface area contributed by atoms with Gasteiger partial charge in [-0.2, -0.15) is 0 Å². The molecule has 3 nitrogen and oxygen atoms in total. The zero-order chi connectivity index (χ0) is 16.6. The van der Waals surface area contributed by atoms with Crippen molar-refractivity contribution < 1.29 is 4.79 Å². The van der Waals surface area contributed by atoms with Gasteiger partial charge in [-0.05, 0) is 35.9 Å². The number of halogens is 2. The lowest BCUT2D eigenvalue weighted by Gasteiger charge is -2.38. The molecule has 0 saturated carbocycles. The van der Waals surface area contributed by atoms with Gasteiger partial charge in [0.25, 0.3) is 0 Å². The van der Waals surface area contributed by atoms with Gasteiger partial charge in [0.15, 0.2) is 5.78 Å². The van der Waals surface area contributed by atoms with Gasteiger partial charge in [0.2, 0.25) is 0 Å². The summed E-state index contributed by atoms with van der Waals surface area (Å²) in [4.78, 5) is 14.3. The fourth-order valence-electron chi connectivity index (χ4n) is 3.23. The van der Waals surface area contributed by atoms with Gasteiger partial charge < -0.3 is 5.73 Å². The quantitative estimate of drug-likeness (QED) is 0.677. The van der Waals surface area contributed by atoms with Crippen LogP contribution in [0.3, 0.4) is 0 Å². The minimum Gasteiger partial charge on any atom is -0.312 e. The van der Waals surface area contributed by atoms with E-state index in [-0.39, 0.29) is 23.7 Å². The molecule has 23 heavy (non-hydrogen) atoms. The van der Waals surface area contributed by atoms with Crippen molar-refractivity contribution in [2.24, 2.45) is 5.73 Å². The molecule has 2 aromatic rings. The molecule has 2 N–H and O–H groups in total. The summed E-state index contributed by atoms with van der Waals surface area (Å²) in [5.41, 5.74) is 10.1. The van der Waals surface area contributed by atoms with Crippen LogP contribution in [0.15, 0.2) is 42.5 Å². The number of fused-ring (bicyclic) bond motifs is 1. The summed E-state index contributed by atoms with van der Waals surface area (Å²) < 4.78 is 0. The number of nitrogens with zero attached hydrogens (tertiary/aromatic N) is 1. The van der Waals surface area contributed by atoms with Crippen LogP contribution in [-0.2, 0) is 0 Å². The van der Waals surface area contributed by atoms with Crippen LogP contribution in [0.25, 0.3) is 0 Å². The average molecular weight is 349 g/mol. The molecule has 0 spiro atoms. The van der Waals surface area contributed by atoms with Gasteiger partial charge in [-0.1, -0.05) is 41.9 Å². The van der Waals surface area contributed by atoms with E-state index in [0.29, 0.717) is 10.6 Å². The molecule has 2 unspecified atom stereocenters. The number of hydrogen-bond acceptors (Lipinski definition) is 3. The highest BCUT2D eigenvalue weighted by molar-refractivity contribution is 6.31. The molecular formula is C18H18Cl2N2O.